The van der Waals surface area contributed by atoms with Gasteiger partial charge in [-0.25, -0.2) is 4.39 Å². The number of halogens is 1. The number of benzene rings is 2. The Labute approximate surface area is 124 Å². The Kier molecular flexibility index (Phi) is 3.95. The molecule has 0 radical (unpaired) electrons. The van der Waals surface area contributed by atoms with E-state index in [0.29, 0.717) is 5.69 Å². The van der Waals surface area contributed by atoms with Gasteiger partial charge in [-0.05, 0) is 24.3 Å². The minimum atomic E-state index is -0.146. The summed E-state index contributed by atoms with van der Waals surface area (Å²) >= 11 is 0. The van der Waals surface area contributed by atoms with E-state index in [2.05, 4.69) is 15.9 Å². The number of hydrogen-bond donors (Lipinski definition) is 0. The van der Waals surface area contributed by atoms with Crippen molar-refractivity contribution in [1.29, 1.82) is 0 Å². The van der Waals surface area contributed by atoms with Crippen LogP contribution in [0.25, 0.3) is 0 Å². The van der Waals surface area contributed by atoms with Crippen LogP contribution in [0.15, 0.2) is 48.5 Å². The number of anilines is 2. The van der Waals surface area contributed by atoms with Gasteiger partial charge in [0.2, 0.25) is 0 Å². The van der Waals surface area contributed by atoms with Crippen molar-refractivity contribution in [3.8, 4) is 5.75 Å². The molecule has 4 heteroatoms. The SMILES string of the molecule is COc1cccc(N2CCN(c3ccccc3F)CC2)c1. The van der Waals surface area contributed by atoms with E-state index in [1.165, 1.54) is 6.07 Å². The van der Waals surface area contributed by atoms with Crippen molar-refractivity contribution < 1.29 is 9.13 Å². The van der Waals surface area contributed by atoms with Crippen molar-refractivity contribution >= 4 is 11.4 Å². The van der Waals surface area contributed by atoms with E-state index in [4.69, 9.17) is 4.74 Å². The highest BCUT2D eigenvalue weighted by atomic mass is 19.1. The van der Waals surface area contributed by atoms with Gasteiger partial charge in [0.05, 0.1) is 12.8 Å². The fourth-order valence-corrected chi connectivity index (χ4v) is 2.72. The molecule has 0 spiro atoms. The van der Waals surface area contributed by atoms with Crippen LogP contribution in [0, 0.1) is 5.82 Å². The minimum absolute atomic E-state index is 0.146. The van der Waals surface area contributed by atoms with Gasteiger partial charge in [-0.3, -0.25) is 0 Å². The van der Waals surface area contributed by atoms with Gasteiger partial charge in [-0.2, -0.15) is 0 Å². The van der Waals surface area contributed by atoms with Crippen LogP contribution in [-0.2, 0) is 0 Å². The number of para-hydroxylation sites is 1. The number of methoxy groups -OCH3 is 1. The maximum atomic E-state index is 13.8. The van der Waals surface area contributed by atoms with Gasteiger partial charge in [0.1, 0.15) is 11.6 Å². The smallest absolute Gasteiger partial charge is 0.146 e. The summed E-state index contributed by atoms with van der Waals surface area (Å²) in [6.07, 6.45) is 0. The highest BCUT2D eigenvalue weighted by Gasteiger charge is 2.19. The highest BCUT2D eigenvalue weighted by molar-refractivity contribution is 5.54. The number of nitrogens with zero attached hydrogens (tertiary/aromatic N) is 2. The molecule has 0 amide bonds. The zero-order valence-electron chi connectivity index (χ0n) is 12.1. The summed E-state index contributed by atoms with van der Waals surface area (Å²) in [4.78, 5) is 4.41. The zero-order chi connectivity index (χ0) is 14.7. The molecule has 0 aromatic heterocycles. The van der Waals surface area contributed by atoms with E-state index in [9.17, 15) is 4.39 Å². The largest absolute Gasteiger partial charge is 0.497 e. The van der Waals surface area contributed by atoms with E-state index in [1.807, 2.05) is 30.3 Å². The molecule has 0 bridgehead atoms. The molecule has 1 fully saturated rings. The molecule has 1 aliphatic rings. The van der Waals surface area contributed by atoms with Crippen LogP contribution in [0.4, 0.5) is 15.8 Å². The third-order valence-corrected chi connectivity index (χ3v) is 3.89. The molecule has 2 aromatic carbocycles. The van der Waals surface area contributed by atoms with Crippen LogP contribution in [0.2, 0.25) is 0 Å². The molecule has 21 heavy (non-hydrogen) atoms. The van der Waals surface area contributed by atoms with Gasteiger partial charge < -0.3 is 14.5 Å². The third-order valence-electron chi connectivity index (χ3n) is 3.89. The third kappa shape index (κ3) is 2.94. The molecule has 0 N–H and O–H groups in total. The molecule has 0 unspecified atom stereocenters. The Hall–Kier alpha value is -2.23. The lowest BCUT2D eigenvalue weighted by Gasteiger charge is -2.37. The van der Waals surface area contributed by atoms with Crippen LogP contribution >= 0.6 is 0 Å². The monoisotopic (exact) mass is 286 g/mol. The molecule has 3 nitrogen and oxygen atoms in total. The number of ether oxygens (including phenoxy) is 1. The molecule has 0 aliphatic carbocycles. The first-order valence-electron chi connectivity index (χ1n) is 7.16. The lowest BCUT2D eigenvalue weighted by atomic mass is 10.2. The maximum absolute atomic E-state index is 13.8. The van der Waals surface area contributed by atoms with Crippen molar-refractivity contribution in [2.45, 2.75) is 0 Å². The van der Waals surface area contributed by atoms with Gasteiger partial charge in [0.15, 0.2) is 0 Å². The molecule has 0 saturated carbocycles. The summed E-state index contributed by atoms with van der Waals surface area (Å²) in [6, 6.07) is 15.0. The fraction of sp³-hybridized carbons (Fsp3) is 0.294. The first-order valence-corrected chi connectivity index (χ1v) is 7.16. The van der Waals surface area contributed by atoms with E-state index >= 15 is 0 Å². The van der Waals surface area contributed by atoms with Crippen LogP contribution in [-0.4, -0.2) is 33.3 Å². The average molecular weight is 286 g/mol. The summed E-state index contributed by atoms with van der Waals surface area (Å²) in [7, 11) is 1.68. The van der Waals surface area contributed by atoms with Gasteiger partial charge >= 0.3 is 0 Å². The summed E-state index contributed by atoms with van der Waals surface area (Å²) < 4.78 is 19.1. The summed E-state index contributed by atoms with van der Waals surface area (Å²) in [5.41, 5.74) is 1.85. The lowest BCUT2D eigenvalue weighted by molar-refractivity contribution is 0.414. The molecule has 1 saturated heterocycles. The van der Waals surface area contributed by atoms with Gasteiger partial charge in [0, 0.05) is 37.9 Å². The Morgan fingerprint density at radius 2 is 1.62 bits per heavy atom. The van der Waals surface area contributed by atoms with Crippen LogP contribution in [0.1, 0.15) is 0 Å². The quantitative estimate of drug-likeness (QED) is 0.862. The van der Waals surface area contributed by atoms with Gasteiger partial charge in [-0.1, -0.05) is 18.2 Å². The van der Waals surface area contributed by atoms with Gasteiger partial charge in [-0.15, -0.1) is 0 Å². The molecular formula is C17H19FN2O. The highest BCUT2D eigenvalue weighted by Crippen LogP contribution is 2.25. The molecule has 2 aromatic rings. The van der Waals surface area contributed by atoms with E-state index < -0.39 is 0 Å². The van der Waals surface area contributed by atoms with E-state index in [-0.39, 0.29) is 5.82 Å². The predicted molar refractivity (Wildman–Crippen MR) is 83.8 cm³/mol. The predicted octanol–water partition coefficient (Wildman–Crippen LogP) is 3.16. The number of hydrogen-bond acceptors (Lipinski definition) is 3. The fourth-order valence-electron chi connectivity index (χ4n) is 2.72. The maximum Gasteiger partial charge on any atom is 0.146 e. The average Bonchev–Trinajstić information content (AvgIpc) is 2.56. The number of piperazine rings is 1. The first-order chi connectivity index (χ1) is 10.3. The Balaban J connectivity index is 1.69. The van der Waals surface area contributed by atoms with Gasteiger partial charge in [0.25, 0.3) is 0 Å². The topological polar surface area (TPSA) is 15.7 Å². The molecule has 1 aliphatic heterocycles. The summed E-state index contributed by atoms with van der Waals surface area (Å²) in [5.74, 6) is 0.719. The van der Waals surface area contributed by atoms with Crippen molar-refractivity contribution in [3.63, 3.8) is 0 Å². The summed E-state index contributed by atoms with van der Waals surface area (Å²) in [5, 5.41) is 0. The van der Waals surface area contributed by atoms with Crippen LogP contribution < -0.4 is 14.5 Å². The van der Waals surface area contributed by atoms with Crippen molar-refractivity contribution in [2.24, 2.45) is 0 Å². The normalized spacial score (nSPS) is 15.1. The van der Waals surface area contributed by atoms with Crippen molar-refractivity contribution in [2.75, 3.05) is 43.1 Å². The van der Waals surface area contributed by atoms with E-state index in [1.54, 1.807) is 13.2 Å². The molecule has 110 valence electrons. The first kappa shape index (κ1) is 13.7. The number of rotatable bonds is 3. The van der Waals surface area contributed by atoms with Crippen LogP contribution in [0.3, 0.4) is 0 Å². The Morgan fingerprint density at radius 3 is 2.33 bits per heavy atom. The van der Waals surface area contributed by atoms with E-state index in [0.717, 1.165) is 37.6 Å². The Morgan fingerprint density at radius 1 is 0.905 bits per heavy atom. The Bertz CT molecular complexity index is 609. The second-order valence-corrected chi connectivity index (χ2v) is 5.13. The molecule has 3 rings (SSSR count). The lowest BCUT2D eigenvalue weighted by Crippen LogP contribution is -2.46. The van der Waals surface area contributed by atoms with Crippen LogP contribution in [0.5, 0.6) is 5.75 Å². The molecule has 1 heterocycles. The standard InChI is InChI=1S/C17H19FN2O/c1-21-15-6-4-5-14(13-15)19-9-11-20(12-10-19)17-8-3-2-7-16(17)18/h2-8,13H,9-12H2,1H3. The second kappa shape index (κ2) is 6.04. The van der Waals surface area contributed by atoms with Crippen molar-refractivity contribution in [3.05, 3.63) is 54.3 Å². The van der Waals surface area contributed by atoms with Crippen molar-refractivity contribution in [1.82, 2.24) is 0 Å². The zero-order valence-corrected chi connectivity index (χ0v) is 12.1. The molecule has 0 atom stereocenters. The summed E-state index contributed by atoms with van der Waals surface area (Å²) in [6.45, 7) is 3.39. The second-order valence-electron chi connectivity index (χ2n) is 5.13. The minimum Gasteiger partial charge on any atom is -0.497 e. The molecular weight excluding hydrogens is 267 g/mol.